The maximum atomic E-state index is 5.92. The fourth-order valence-corrected chi connectivity index (χ4v) is 3.59. The van der Waals surface area contributed by atoms with Crippen molar-refractivity contribution < 1.29 is 0 Å². The van der Waals surface area contributed by atoms with Crippen molar-refractivity contribution in [3.05, 3.63) is 38.9 Å². The minimum atomic E-state index is 0.318. The van der Waals surface area contributed by atoms with Gasteiger partial charge < -0.3 is 4.90 Å². The smallest absolute Gasteiger partial charge is 0.224 e. The average molecular weight is 280 g/mol. The summed E-state index contributed by atoms with van der Waals surface area (Å²) in [4.78, 5) is 12.2. The van der Waals surface area contributed by atoms with Gasteiger partial charge in [-0.05, 0) is 48.9 Å². The Morgan fingerprint density at radius 2 is 2.33 bits per heavy atom. The summed E-state index contributed by atoms with van der Waals surface area (Å²) in [6.07, 6.45) is 2.87. The number of aryl methyl sites for hydroxylation is 1. The van der Waals surface area contributed by atoms with Gasteiger partial charge in [0.25, 0.3) is 0 Å². The van der Waals surface area contributed by atoms with E-state index in [9.17, 15) is 0 Å². The molecule has 1 atom stereocenters. The zero-order valence-corrected chi connectivity index (χ0v) is 11.9. The van der Waals surface area contributed by atoms with Crippen LogP contribution in [-0.4, -0.2) is 16.5 Å². The molecule has 18 heavy (non-hydrogen) atoms. The first-order chi connectivity index (χ1) is 8.66. The Morgan fingerprint density at radius 1 is 1.50 bits per heavy atom. The van der Waals surface area contributed by atoms with Gasteiger partial charge in [0.05, 0.1) is 6.04 Å². The highest BCUT2D eigenvalue weighted by Crippen LogP contribution is 2.36. The topological polar surface area (TPSA) is 29.0 Å². The van der Waals surface area contributed by atoms with Gasteiger partial charge in [-0.15, -0.1) is 11.3 Å². The minimum Gasteiger partial charge on any atom is -0.349 e. The molecule has 2 aromatic rings. The zero-order valence-electron chi connectivity index (χ0n) is 10.4. The fraction of sp³-hybridized carbons (Fsp3) is 0.385. The van der Waals surface area contributed by atoms with Gasteiger partial charge >= 0.3 is 0 Å². The lowest BCUT2D eigenvalue weighted by molar-refractivity contribution is 0.622. The first kappa shape index (κ1) is 11.9. The standard InChI is InChI=1S/C13H14ClN3S/c1-8-7-15-13(14)16-12(8)17-5-3-11-10(9(17)2)4-6-18-11/h4,6-7,9H,3,5H2,1-2H3. The van der Waals surface area contributed by atoms with E-state index in [0.29, 0.717) is 11.3 Å². The van der Waals surface area contributed by atoms with Crippen LogP contribution in [0.2, 0.25) is 5.28 Å². The molecule has 0 N–H and O–H groups in total. The molecule has 0 amide bonds. The van der Waals surface area contributed by atoms with E-state index in [1.54, 1.807) is 6.20 Å². The Bertz CT molecular complexity index is 581. The molecule has 94 valence electrons. The molecule has 0 spiro atoms. The molecule has 3 rings (SSSR count). The molecule has 3 nitrogen and oxygen atoms in total. The Hall–Kier alpha value is -1.13. The Balaban J connectivity index is 2.01. The van der Waals surface area contributed by atoms with Crippen LogP contribution in [0, 0.1) is 6.92 Å². The molecule has 0 saturated heterocycles. The molecule has 0 fully saturated rings. The molecular formula is C13H14ClN3S. The van der Waals surface area contributed by atoms with Gasteiger partial charge in [-0.3, -0.25) is 0 Å². The second-order valence-electron chi connectivity index (χ2n) is 4.56. The Labute approximate surface area is 115 Å². The summed E-state index contributed by atoms with van der Waals surface area (Å²) in [6, 6.07) is 2.57. The molecule has 1 unspecified atom stereocenters. The Kier molecular flexibility index (Phi) is 2.99. The number of fused-ring (bicyclic) bond motifs is 1. The van der Waals surface area contributed by atoms with Crippen LogP contribution in [-0.2, 0) is 6.42 Å². The fourth-order valence-electron chi connectivity index (χ4n) is 2.50. The summed E-state index contributed by atoms with van der Waals surface area (Å²) >= 11 is 7.76. The summed E-state index contributed by atoms with van der Waals surface area (Å²) in [6.45, 7) is 5.24. The van der Waals surface area contributed by atoms with Crippen LogP contribution < -0.4 is 4.90 Å². The second-order valence-corrected chi connectivity index (χ2v) is 5.90. The number of hydrogen-bond acceptors (Lipinski definition) is 4. The van der Waals surface area contributed by atoms with Crippen LogP contribution in [0.25, 0.3) is 0 Å². The van der Waals surface area contributed by atoms with Crippen molar-refractivity contribution in [3.8, 4) is 0 Å². The first-order valence-corrected chi connectivity index (χ1v) is 7.24. The maximum Gasteiger partial charge on any atom is 0.224 e. The third kappa shape index (κ3) is 1.89. The number of anilines is 1. The third-order valence-corrected chi connectivity index (χ3v) is 4.64. The SMILES string of the molecule is Cc1cnc(Cl)nc1N1CCc2sccc2C1C. The van der Waals surface area contributed by atoms with Crippen molar-refractivity contribution in [1.82, 2.24) is 9.97 Å². The van der Waals surface area contributed by atoms with E-state index in [1.807, 2.05) is 18.3 Å². The number of thiophene rings is 1. The molecule has 0 bridgehead atoms. The van der Waals surface area contributed by atoms with Crippen LogP contribution in [0.1, 0.15) is 29.0 Å². The Morgan fingerprint density at radius 3 is 3.17 bits per heavy atom. The third-order valence-electron chi connectivity index (χ3n) is 3.46. The van der Waals surface area contributed by atoms with E-state index >= 15 is 0 Å². The molecule has 2 aromatic heterocycles. The van der Waals surface area contributed by atoms with Crippen LogP contribution in [0.15, 0.2) is 17.6 Å². The minimum absolute atomic E-state index is 0.318. The number of hydrogen-bond donors (Lipinski definition) is 0. The van der Waals surface area contributed by atoms with Gasteiger partial charge in [0, 0.05) is 23.2 Å². The predicted molar refractivity (Wildman–Crippen MR) is 75.6 cm³/mol. The lowest BCUT2D eigenvalue weighted by Crippen LogP contribution is -2.34. The van der Waals surface area contributed by atoms with Crippen molar-refractivity contribution in [2.75, 3.05) is 11.4 Å². The van der Waals surface area contributed by atoms with E-state index in [1.165, 1.54) is 10.4 Å². The first-order valence-electron chi connectivity index (χ1n) is 5.99. The second kappa shape index (κ2) is 4.52. The van der Waals surface area contributed by atoms with Crippen LogP contribution in [0.3, 0.4) is 0 Å². The summed E-state index contributed by atoms with van der Waals surface area (Å²) in [5.74, 6) is 0.958. The van der Waals surface area contributed by atoms with E-state index in [4.69, 9.17) is 11.6 Å². The predicted octanol–water partition coefficient (Wildman–Crippen LogP) is 3.62. The molecule has 1 aliphatic rings. The normalized spacial score (nSPS) is 18.8. The maximum absolute atomic E-state index is 5.92. The molecule has 0 radical (unpaired) electrons. The van der Waals surface area contributed by atoms with Crippen LogP contribution in [0.4, 0.5) is 5.82 Å². The molecule has 1 aliphatic heterocycles. The van der Waals surface area contributed by atoms with Gasteiger partial charge in [0.15, 0.2) is 0 Å². The molecule has 3 heterocycles. The zero-order chi connectivity index (χ0) is 12.7. The quantitative estimate of drug-likeness (QED) is 0.747. The number of nitrogens with zero attached hydrogens (tertiary/aromatic N) is 3. The van der Waals surface area contributed by atoms with Crippen molar-refractivity contribution in [1.29, 1.82) is 0 Å². The lowest BCUT2D eigenvalue weighted by atomic mass is 10.0. The van der Waals surface area contributed by atoms with Gasteiger partial charge in [-0.25, -0.2) is 9.97 Å². The van der Waals surface area contributed by atoms with Crippen LogP contribution in [0.5, 0.6) is 0 Å². The number of rotatable bonds is 1. The largest absolute Gasteiger partial charge is 0.349 e. The molecule has 5 heteroatoms. The molecule has 0 aromatic carbocycles. The van der Waals surface area contributed by atoms with Gasteiger partial charge in [-0.2, -0.15) is 0 Å². The molecular weight excluding hydrogens is 266 g/mol. The van der Waals surface area contributed by atoms with E-state index < -0.39 is 0 Å². The monoisotopic (exact) mass is 279 g/mol. The summed E-state index contributed by atoms with van der Waals surface area (Å²) in [5.41, 5.74) is 2.49. The van der Waals surface area contributed by atoms with Crippen LogP contribution >= 0.6 is 22.9 Å². The average Bonchev–Trinajstić information content (AvgIpc) is 2.82. The lowest BCUT2D eigenvalue weighted by Gasteiger charge is -2.35. The van der Waals surface area contributed by atoms with Crippen molar-refractivity contribution in [2.24, 2.45) is 0 Å². The van der Waals surface area contributed by atoms with Gasteiger partial charge in [0.1, 0.15) is 5.82 Å². The molecule has 0 saturated carbocycles. The van der Waals surface area contributed by atoms with E-state index in [2.05, 4.69) is 33.2 Å². The number of aromatic nitrogens is 2. The number of halogens is 1. The highest BCUT2D eigenvalue weighted by Gasteiger charge is 2.26. The van der Waals surface area contributed by atoms with Gasteiger partial charge in [0.2, 0.25) is 5.28 Å². The van der Waals surface area contributed by atoms with E-state index in [0.717, 1.165) is 24.3 Å². The summed E-state index contributed by atoms with van der Waals surface area (Å²) in [5, 5.41) is 2.49. The van der Waals surface area contributed by atoms with E-state index in [-0.39, 0.29) is 0 Å². The van der Waals surface area contributed by atoms with Crippen molar-refractivity contribution in [3.63, 3.8) is 0 Å². The highest BCUT2D eigenvalue weighted by atomic mass is 35.5. The summed E-state index contributed by atoms with van der Waals surface area (Å²) < 4.78 is 0. The van der Waals surface area contributed by atoms with Crippen molar-refractivity contribution >= 4 is 28.8 Å². The summed E-state index contributed by atoms with van der Waals surface area (Å²) in [7, 11) is 0. The molecule has 0 aliphatic carbocycles. The highest BCUT2D eigenvalue weighted by molar-refractivity contribution is 7.10. The van der Waals surface area contributed by atoms with Crippen molar-refractivity contribution in [2.45, 2.75) is 26.3 Å². The van der Waals surface area contributed by atoms with Gasteiger partial charge in [-0.1, -0.05) is 0 Å².